The Morgan fingerprint density at radius 3 is 2.93 bits per heavy atom. The summed E-state index contributed by atoms with van der Waals surface area (Å²) in [6.45, 7) is 3.32. The molecule has 0 N–H and O–H groups in total. The van der Waals surface area contributed by atoms with E-state index in [1.54, 1.807) is 17.2 Å². The average molecular weight is 382 g/mol. The lowest BCUT2D eigenvalue weighted by molar-refractivity contribution is -0.143. The standard InChI is InChI=1S/C20H26N6O2/c27-18-5-8-20(14-25(18)12-17-4-1-2-9-22-17)7-3-10-24(13-20)19(28)6-11-26-16-21-15-23-26/h1-2,4,9,15-16H,3,5-8,10-14H2. The van der Waals surface area contributed by atoms with Crippen LogP contribution in [-0.4, -0.2) is 61.0 Å². The van der Waals surface area contributed by atoms with Crippen molar-refractivity contribution in [1.29, 1.82) is 0 Å². The molecule has 8 nitrogen and oxygen atoms in total. The monoisotopic (exact) mass is 382 g/mol. The van der Waals surface area contributed by atoms with Gasteiger partial charge in [0.15, 0.2) is 0 Å². The topological polar surface area (TPSA) is 84.2 Å². The van der Waals surface area contributed by atoms with Gasteiger partial charge in [0.2, 0.25) is 11.8 Å². The van der Waals surface area contributed by atoms with Crippen molar-refractivity contribution in [3.63, 3.8) is 0 Å². The first-order chi connectivity index (χ1) is 13.6. The lowest BCUT2D eigenvalue weighted by atomic mass is 9.73. The minimum Gasteiger partial charge on any atom is -0.342 e. The maximum absolute atomic E-state index is 12.7. The summed E-state index contributed by atoms with van der Waals surface area (Å²) in [6.07, 6.45) is 8.76. The van der Waals surface area contributed by atoms with Gasteiger partial charge in [-0.1, -0.05) is 6.07 Å². The minimum absolute atomic E-state index is 0.00383. The summed E-state index contributed by atoms with van der Waals surface area (Å²) in [7, 11) is 0. The summed E-state index contributed by atoms with van der Waals surface area (Å²) in [6, 6.07) is 5.78. The second-order valence-corrected chi connectivity index (χ2v) is 7.90. The predicted molar refractivity (Wildman–Crippen MR) is 102 cm³/mol. The van der Waals surface area contributed by atoms with Crippen LogP contribution in [0, 0.1) is 5.41 Å². The van der Waals surface area contributed by atoms with Crippen LogP contribution >= 0.6 is 0 Å². The third-order valence-electron chi connectivity index (χ3n) is 5.86. The van der Waals surface area contributed by atoms with Crippen molar-refractivity contribution in [2.45, 2.75) is 45.2 Å². The molecule has 1 atom stereocenters. The molecule has 0 saturated carbocycles. The summed E-state index contributed by atoms with van der Waals surface area (Å²) in [5.74, 6) is 0.341. The fraction of sp³-hybridized carbons (Fsp3) is 0.550. The van der Waals surface area contributed by atoms with Crippen LogP contribution in [0.5, 0.6) is 0 Å². The molecule has 148 valence electrons. The molecule has 4 rings (SSSR count). The van der Waals surface area contributed by atoms with E-state index < -0.39 is 0 Å². The normalized spacial score (nSPS) is 22.6. The molecule has 28 heavy (non-hydrogen) atoms. The summed E-state index contributed by atoms with van der Waals surface area (Å²) in [4.78, 5) is 37.4. The number of pyridine rings is 1. The highest BCUT2D eigenvalue weighted by Gasteiger charge is 2.42. The van der Waals surface area contributed by atoms with E-state index in [0.717, 1.165) is 38.0 Å². The molecular weight excluding hydrogens is 356 g/mol. The molecule has 2 aliphatic rings. The maximum Gasteiger partial charge on any atom is 0.224 e. The number of carbonyl (C=O) groups excluding carboxylic acids is 2. The molecule has 0 bridgehead atoms. The fourth-order valence-electron chi connectivity index (χ4n) is 4.40. The van der Waals surface area contributed by atoms with Crippen LogP contribution in [0.3, 0.4) is 0 Å². The van der Waals surface area contributed by atoms with E-state index in [1.807, 2.05) is 28.0 Å². The quantitative estimate of drug-likeness (QED) is 0.782. The Hall–Kier alpha value is -2.77. The lowest BCUT2D eigenvalue weighted by Crippen LogP contribution is -2.54. The van der Waals surface area contributed by atoms with Crippen molar-refractivity contribution in [2.75, 3.05) is 19.6 Å². The van der Waals surface area contributed by atoms with Crippen LogP contribution in [0.15, 0.2) is 37.1 Å². The fourth-order valence-corrected chi connectivity index (χ4v) is 4.40. The highest BCUT2D eigenvalue weighted by molar-refractivity contribution is 5.78. The number of nitrogens with zero attached hydrogens (tertiary/aromatic N) is 6. The highest BCUT2D eigenvalue weighted by Crippen LogP contribution is 2.39. The number of carbonyl (C=O) groups is 2. The summed E-state index contributed by atoms with van der Waals surface area (Å²) < 4.78 is 1.69. The van der Waals surface area contributed by atoms with Gasteiger partial charge in [0, 0.05) is 44.1 Å². The third kappa shape index (κ3) is 4.21. The lowest BCUT2D eigenvalue weighted by Gasteiger charge is -2.48. The number of aryl methyl sites for hydroxylation is 1. The molecule has 1 unspecified atom stereocenters. The van der Waals surface area contributed by atoms with Gasteiger partial charge in [-0.25, -0.2) is 4.98 Å². The van der Waals surface area contributed by atoms with Crippen molar-refractivity contribution in [3.8, 4) is 0 Å². The molecule has 8 heteroatoms. The maximum atomic E-state index is 12.7. The molecule has 1 spiro atoms. The second-order valence-electron chi connectivity index (χ2n) is 7.90. The second kappa shape index (κ2) is 8.08. The summed E-state index contributed by atoms with van der Waals surface area (Å²) >= 11 is 0. The number of piperidine rings is 2. The Morgan fingerprint density at radius 1 is 1.21 bits per heavy atom. The Labute approximate surface area is 164 Å². The average Bonchev–Trinajstić information content (AvgIpc) is 3.24. The zero-order valence-corrected chi connectivity index (χ0v) is 16.0. The SMILES string of the molecule is O=C(CCn1cncn1)N1CCCC2(CCC(=O)N(Cc3ccccn3)C2)C1. The van der Waals surface area contributed by atoms with E-state index in [9.17, 15) is 9.59 Å². The third-order valence-corrected chi connectivity index (χ3v) is 5.86. The predicted octanol–water partition coefficient (Wildman–Crippen LogP) is 1.49. The first kappa shape index (κ1) is 18.6. The molecule has 2 aromatic heterocycles. The minimum atomic E-state index is 0.00383. The van der Waals surface area contributed by atoms with Gasteiger partial charge in [-0.2, -0.15) is 5.10 Å². The molecule has 0 aliphatic carbocycles. The van der Waals surface area contributed by atoms with Crippen LogP contribution in [0.25, 0.3) is 0 Å². The number of aromatic nitrogens is 4. The van der Waals surface area contributed by atoms with E-state index >= 15 is 0 Å². The number of rotatable bonds is 5. The van der Waals surface area contributed by atoms with Crippen molar-refractivity contribution in [3.05, 3.63) is 42.7 Å². The van der Waals surface area contributed by atoms with Crippen LogP contribution in [0.4, 0.5) is 0 Å². The van der Waals surface area contributed by atoms with E-state index in [-0.39, 0.29) is 17.2 Å². The molecule has 2 saturated heterocycles. The van der Waals surface area contributed by atoms with Crippen molar-refractivity contribution in [2.24, 2.45) is 5.41 Å². The smallest absolute Gasteiger partial charge is 0.224 e. The molecule has 2 fully saturated rings. The van der Waals surface area contributed by atoms with Crippen LogP contribution in [0.2, 0.25) is 0 Å². The largest absolute Gasteiger partial charge is 0.342 e. The van der Waals surface area contributed by atoms with Gasteiger partial charge < -0.3 is 9.80 Å². The molecule has 0 radical (unpaired) electrons. The van der Waals surface area contributed by atoms with Crippen molar-refractivity contribution < 1.29 is 9.59 Å². The Bertz CT molecular complexity index is 809. The van der Waals surface area contributed by atoms with Crippen LogP contribution < -0.4 is 0 Å². The summed E-state index contributed by atoms with van der Waals surface area (Å²) in [5, 5.41) is 4.06. The number of likely N-dealkylation sites (tertiary alicyclic amines) is 2. The first-order valence-corrected chi connectivity index (χ1v) is 9.91. The van der Waals surface area contributed by atoms with Gasteiger partial charge in [0.05, 0.1) is 18.8 Å². The van der Waals surface area contributed by atoms with E-state index in [1.165, 1.54) is 6.33 Å². The van der Waals surface area contributed by atoms with Crippen LogP contribution in [0.1, 0.15) is 37.8 Å². The number of hydrogen-bond donors (Lipinski definition) is 0. The summed E-state index contributed by atoms with van der Waals surface area (Å²) in [5.41, 5.74) is 0.911. The Balaban J connectivity index is 1.39. The molecular formula is C20H26N6O2. The zero-order valence-electron chi connectivity index (χ0n) is 16.0. The van der Waals surface area contributed by atoms with Gasteiger partial charge in [-0.15, -0.1) is 0 Å². The van der Waals surface area contributed by atoms with Gasteiger partial charge >= 0.3 is 0 Å². The van der Waals surface area contributed by atoms with Gasteiger partial charge in [-0.3, -0.25) is 19.3 Å². The number of amides is 2. The molecule has 2 aromatic rings. The first-order valence-electron chi connectivity index (χ1n) is 9.91. The molecule has 4 heterocycles. The van der Waals surface area contributed by atoms with E-state index in [2.05, 4.69) is 15.1 Å². The molecule has 0 aromatic carbocycles. The van der Waals surface area contributed by atoms with E-state index in [4.69, 9.17) is 0 Å². The van der Waals surface area contributed by atoms with Crippen molar-refractivity contribution >= 4 is 11.8 Å². The molecule has 2 aliphatic heterocycles. The highest BCUT2D eigenvalue weighted by atomic mass is 16.2. The van der Waals surface area contributed by atoms with E-state index in [0.29, 0.717) is 32.5 Å². The molecule has 2 amide bonds. The number of hydrogen-bond acceptors (Lipinski definition) is 5. The van der Waals surface area contributed by atoms with Crippen molar-refractivity contribution in [1.82, 2.24) is 29.5 Å². The van der Waals surface area contributed by atoms with Crippen LogP contribution in [-0.2, 0) is 22.7 Å². The Morgan fingerprint density at radius 2 is 2.14 bits per heavy atom. The zero-order chi connectivity index (χ0) is 19.4. The van der Waals surface area contributed by atoms with Gasteiger partial charge in [0.25, 0.3) is 0 Å². The Kier molecular flexibility index (Phi) is 5.36. The van der Waals surface area contributed by atoms with Gasteiger partial charge in [0.1, 0.15) is 12.7 Å². The van der Waals surface area contributed by atoms with Gasteiger partial charge in [-0.05, 0) is 31.4 Å².